The largest absolute Gasteiger partial charge is 0.458 e. The summed E-state index contributed by atoms with van der Waals surface area (Å²) in [7, 11) is 0. The predicted octanol–water partition coefficient (Wildman–Crippen LogP) is 11.6. The van der Waals surface area contributed by atoms with E-state index in [0.717, 1.165) is 0 Å². The molecule has 0 bridgehead atoms. The highest BCUT2D eigenvalue weighted by atomic mass is 16.6. The van der Waals surface area contributed by atoms with Crippen LogP contribution in [0.2, 0.25) is 0 Å². The Balaban J connectivity index is 7.32. The number of unbranched alkanes of at least 4 members (excludes halogenated alkanes) is 2. The quantitative estimate of drug-likeness (QED) is 0.0498. The van der Waals surface area contributed by atoms with E-state index in [0.29, 0.717) is 34.8 Å². The number of ether oxygens (including phenoxy) is 8. The number of nitrogens with zero attached hydrogens (tertiary/aromatic N) is 2. The van der Waals surface area contributed by atoms with E-state index in [1.165, 1.54) is 0 Å². The van der Waals surface area contributed by atoms with Crippen molar-refractivity contribution >= 4 is 48.4 Å². The van der Waals surface area contributed by atoms with E-state index in [1.54, 1.807) is 166 Å². The number of hydrogen-bond acceptors (Lipinski definition) is 17. The van der Waals surface area contributed by atoms with Gasteiger partial charge in [0.15, 0.2) is 0 Å². The van der Waals surface area contributed by atoms with Crippen molar-refractivity contribution in [2.75, 3.05) is 13.1 Å². The molecule has 0 heterocycles. The van der Waals surface area contributed by atoms with Gasteiger partial charge in [0.2, 0.25) is 0 Å². The lowest BCUT2D eigenvalue weighted by molar-refractivity contribution is -0.162. The van der Waals surface area contributed by atoms with Gasteiger partial charge in [-0.15, -0.1) is 0 Å². The highest BCUT2D eigenvalue weighted by molar-refractivity contribution is 5.95. The van der Waals surface area contributed by atoms with Crippen LogP contribution in [0.5, 0.6) is 0 Å². The molecule has 0 aromatic heterocycles. The van der Waals surface area contributed by atoms with Gasteiger partial charge in [-0.25, -0.2) is 38.4 Å². The van der Waals surface area contributed by atoms with Crippen LogP contribution in [0.1, 0.15) is 218 Å². The van der Waals surface area contributed by atoms with Gasteiger partial charge in [-0.05, 0) is 224 Å². The van der Waals surface area contributed by atoms with Crippen molar-refractivity contribution in [3.05, 3.63) is 11.6 Å². The molecule has 0 rings (SSSR count). The highest BCUT2D eigenvalue weighted by Gasteiger charge is 2.44. The van der Waals surface area contributed by atoms with Crippen molar-refractivity contribution in [1.29, 1.82) is 0 Å². The summed E-state index contributed by atoms with van der Waals surface area (Å²) < 4.78 is 45.0. The van der Waals surface area contributed by atoms with Crippen LogP contribution in [0, 0.1) is 0 Å². The number of amides is 5. The Morgan fingerprint density at radius 3 is 1.08 bits per heavy atom. The Bertz CT molecular complexity index is 1890. The first-order valence-electron chi connectivity index (χ1n) is 26.1. The Morgan fingerprint density at radius 2 is 0.733 bits per heavy atom. The van der Waals surface area contributed by atoms with Crippen LogP contribution >= 0.6 is 0 Å². The molecule has 0 saturated carbocycles. The maximum Gasteiger partial charge on any atom is 0.420 e. The average Bonchev–Trinajstić information content (AvgIpc) is 3.11. The number of hydrogen-bond donors (Lipinski definition) is 2. The van der Waals surface area contributed by atoms with Crippen molar-refractivity contribution in [2.24, 2.45) is 0 Å². The van der Waals surface area contributed by atoms with Crippen LogP contribution in [-0.4, -0.2) is 134 Å². The lowest BCUT2D eigenvalue weighted by Crippen LogP contribution is -2.53. The Labute approximate surface area is 449 Å². The number of carbonyl (C=O) groups excluding carboxylic acids is 8. The highest BCUT2D eigenvalue weighted by Crippen LogP contribution is 2.26. The smallest absolute Gasteiger partial charge is 0.420 e. The molecular weight excluding hydrogens is 973 g/mol. The molecule has 0 saturated heterocycles. The summed E-state index contributed by atoms with van der Waals surface area (Å²) in [5, 5.41) is 6.04. The second-order valence-electron chi connectivity index (χ2n) is 26.5. The number of imide groups is 2. The van der Waals surface area contributed by atoms with Crippen LogP contribution in [0.4, 0.5) is 24.0 Å². The van der Waals surface area contributed by atoms with Gasteiger partial charge in [0.25, 0.3) is 0 Å². The third-order valence-corrected chi connectivity index (χ3v) is 9.03. The number of alkyl carbamates (subject to hydrolysis) is 1. The van der Waals surface area contributed by atoms with Crippen molar-refractivity contribution in [3.63, 3.8) is 0 Å². The van der Waals surface area contributed by atoms with E-state index in [1.807, 2.05) is 6.08 Å². The van der Waals surface area contributed by atoms with Gasteiger partial charge in [0.1, 0.15) is 62.9 Å². The minimum Gasteiger partial charge on any atom is -0.458 e. The zero-order valence-corrected chi connectivity index (χ0v) is 50.3. The summed E-state index contributed by atoms with van der Waals surface area (Å²) in [6, 6.07) is -3.97. The third kappa shape index (κ3) is 33.5. The van der Waals surface area contributed by atoms with Gasteiger partial charge < -0.3 is 48.5 Å². The van der Waals surface area contributed by atoms with E-state index in [2.05, 4.69) is 10.6 Å². The summed E-state index contributed by atoms with van der Waals surface area (Å²) in [5.74, 6) is -2.34. The molecule has 20 heteroatoms. The molecule has 434 valence electrons. The van der Waals surface area contributed by atoms with E-state index < -0.39 is 111 Å². The fourth-order valence-corrected chi connectivity index (χ4v) is 6.47. The second-order valence-corrected chi connectivity index (χ2v) is 26.5. The molecule has 3 atom stereocenters. The third-order valence-electron chi connectivity index (χ3n) is 9.03. The fraction of sp³-hybridized carbons (Fsp3) is 0.818. The van der Waals surface area contributed by atoms with Gasteiger partial charge in [0.05, 0.1) is 0 Å². The number of nitrogens with one attached hydrogen (secondary N) is 2. The van der Waals surface area contributed by atoms with Crippen molar-refractivity contribution in [2.45, 2.75) is 280 Å². The van der Waals surface area contributed by atoms with Crippen molar-refractivity contribution in [1.82, 2.24) is 20.4 Å². The topological polar surface area (TPSA) is 241 Å². The van der Waals surface area contributed by atoms with Crippen molar-refractivity contribution in [3.8, 4) is 0 Å². The zero-order valence-electron chi connectivity index (χ0n) is 50.3. The molecule has 0 aliphatic carbocycles. The second kappa shape index (κ2) is 28.3. The Hall–Kier alpha value is -5.14. The molecule has 0 aromatic carbocycles. The summed E-state index contributed by atoms with van der Waals surface area (Å²) in [4.78, 5) is 111. The molecule has 0 spiro atoms. The average molecular weight is 1070 g/mol. The Morgan fingerprint density at radius 1 is 0.400 bits per heavy atom. The summed E-state index contributed by atoms with van der Waals surface area (Å²) in [6.45, 7) is 40.4. The van der Waals surface area contributed by atoms with E-state index >= 15 is 0 Å². The molecule has 0 unspecified atom stereocenters. The molecule has 2 N–H and O–H groups in total. The van der Waals surface area contributed by atoms with Gasteiger partial charge in [-0.1, -0.05) is 11.6 Å². The van der Waals surface area contributed by atoms with Crippen LogP contribution in [-0.2, 0) is 52.3 Å². The minimum absolute atomic E-state index is 0.0770. The lowest BCUT2D eigenvalue weighted by atomic mass is 10.0. The predicted molar refractivity (Wildman–Crippen MR) is 285 cm³/mol. The van der Waals surface area contributed by atoms with Crippen LogP contribution < -0.4 is 10.6 Å². The van der Waals surface area contributed by atoms with E-state index in [4.69, 9.17) is 37.9 Å². The first-order valence-corrected chi connectivity index (χ1v) is 26.1. The van der Waals surface area contributed by atoms with Crippen LogP contribution in [0.25, 0.3) is 0 Å². The SMILES string of the molecule is CC(C)(C)OC(=O)N[C@@H](CCCCNC/C(=C/CCC[C@@H](C(=O)OC(C)(C)C)N(C(=O)OC(C)(C)C)C(=O)OC(C)(C)C)CC[C@@H](C(=O)OC(C)(C)C)N(C(=O)OC(C)(C)C)C(=O)OC(C)(C)C)C(=O)OC(C)(C)C. The molecule has 0 radical (unpaired) electrons. The van der Waals surface area contributed by atoms with Crippen LogP contribution in [0.3, 0.4) is 0 Å². The summed E-state index contributed by atoms with van der Waals surface area (Å²) in [5.41, 5.74) is -7.13. The summed E-state index contributed by atoms with van der Waals surface area (Å²) in [6.07, 6.45) is -1.70. The molecule has 0 fully saturated rings. The fourth-order valence-electron chi connectivity index (χ4n) is 6.47. The maximum absolute atomic E-state index is 14.1. The maximum atomic E-state index is 14.1. The number of esters is 3. The minimum atomic E-state index is -1.52. The molecule has 5 amide bonds. The normalized spacial score (nSPS) is 14.3. The molecule has 75 heavy (non-hydrogen) atoms. The Kier molecular flexibility index (Phi) is 26.4. The molecule has 20 nitrogen and oxygen atoms in total. The first-order chi connectivity index (χ1) is 33.5. The lowest BCUT2D eigenvalue weighted by Gasteiger charge is -2.34. The number of allylic oxidation sites excluding steroid dienone is 1. The van der Waals surface area contributed by atoms with Gasteiger partial charge >= 0.3 is 48.4 Å². The van der Waals surface area contributed by atoms with E-state index in [-0.39, 0.29) is 45.1 Å². The molecule has 0 aliphatic rings. The van der Waals surface area contributed by atoms with Gasteiger partial charge in [-0.3, -0.25) is 0 Å². The standard InChI is InChI=1S/C55H98N4O16/c1-48(2,3)68-40(60)37(57-43(63)71-51(10,11)12)30-27-28-34-56-35-36(32-33-39(42(62)70-50(7,8)9)59(46(66)74-54(19,20)21)47(67)75-55(22,23)24)29-25-26-31-38(41(61)69-49(4,5)6)58(44(64)72-52(13,14)15)45(65)73-53(16,17)18/h29,37-39,56H,25-28,30-35H2,1-24H3,(H,57,63)/b36-29+/t37-,38-,39-/m0/s1. The van der Waals surface area contributed by atoms with Gasteiger partial charge in [0, 0.05) is 6.54 Å². The zero-order chi connectivity index (χ0) is 58.9. The number of rotatable bonds is 20. The van der Waals surface area contributed by atoms with Crippen molar-refractivity contribution < 1.29 is 76.3 Å². The molecule has 0 aliphatic heterocycles. The monoisotopic (exact) mass is 1070 g/mol. The van der Waals surface area contributed by atoms with Gasteiger partial charge in [-0.2, -0.15) is 9.80 Å². The number of carbonyl (C=O) groups is 8. The first kappa shape index (κ1) is 69.9. The molecule has 0 aromatic rings. The van der Waals surface area contributed by atoms with Crippen LogP contribution in [0.15, 0.2) is 11.6 Å². The van der Waals surface area contributed by atoms with E-state index in [9.17, 15) is 38.4 Å². The summed E-state index contributed by atoms with van der Waals surface area (Å²) >= 11 is 0. The molecular formula is C55H98N4O16.